The van der Waals surface area contributed by atoms with E-state index in [1.165, 1.54) is 0 Å². The van der Waals surface area contributed by atoms with Crippen LogP contribution in [-0.4, -0.2) is 19.0 Å². The van der Waals surface area contributed by atoms with Gasteiger partial charge in [-0.05, 0) is 59.7 Å². The zero-order valence-electron chi connectivity index (χ0n) is 16.5. The van der Waals surface area contributed by atoms with Crippen molar-refractivity contribution in [3.63, 3.8) is 0 Å². The number of esters is 1. The third-order valence-corrected chi connectivity index (χ3v) is 5.24. The van der Waals surface area contributed by atoms with Crippen molar-refractivity contribution in [2.75, 3.05) is 7.11 Å². The first-order valence-corrected chi connectivity index (χ1v) is 10.5. The number of cyclic esters (lactones) is 1. The summed E-state index contributed by atoms with van der Waals surface area (Å²) in [5.74, 6) is 0.905. The Hall–Kier alpha value is -3.09. The number of methoxy groups -OCH3 is 1. The van der Waals surface area contributed by atoms with Gasteiger partial charge in [0.25, 0.3) is 0 Å². The number of nitrogens with zero attached hydrogens (tertiary/aromatic N) is 1. The van der Waals surface area contributed by atoms with E-state index in [9.17, 15) is 4.79 Å². The Bertz CT molecular complexity index is 1190. The summed E-state index contributed by atoms with van der Waals surface area (Å²) < 4.78 is 17.5. The van der Waals surface area contributed by atoms with Gasteiger partial charge in [0.15, 0.2) is 17.2 Å². The predicted octanol–water partition coefficient (Wildman–Crippen LogP) is 6.03. The quantitative estimate of drug-likeness (QED) is 0.307. The maximum absolute atomic E-state index is 12.3. The molecule has 0 bridgehead atoms. The van der Waals surface area contributed by atoms with E-state index >= 15 is 0 Å². The molecule has 31 heavy (non-hydrogen) atoms. The molecule has 1 heterocycles. The SMILES string of the molecule is COc1cc(/C=C2\N=C(c3cccc(Br)c3)OC2=O)ccc1OCc1ccc(Cl)cc1. The molecule has 156 valence electrons. The highest BCUT2D eigenvalue weighted by atomic mass is 79.9. The van der Waals surface area contributed by atoms with Crippen LogP contribution in [0.1, 0.15) is 16.7 Å². The fourth-order valence-corrected chi connectivity index (χ4v) is 3.47. The summed E-state index contributed by atoms with van der Waals surface area (Å²) in [4.78, 5) is 16.6. The van der Waals surface area contributed by atoms with E-state index in [4.69, 9.17) is 25.8 Å². The molecule has 3 aromatic carbocycles. The van der Waals surface area contributed by atoms with Gasteiger partial charge in [-0.2, -0.15) is 0 Å². The largest absolute Gasteiger partial charge is 0.493 e. The van der Waals surface area contributed by atoms with Crippen LogP contribution in [0.25, 0.3) is 6.08 Å². The Morgan fingerprint density at radius 2 is 1.87 bits per heavy atom. The molecule has 0 saturated heterocycles. The Morgan fingerprint density at radius 3 is 2.61 bits per heavy atom. The minimum absolute atomic E-state index is 0.215. The van der Waals surface area contributed by atoms with Crippen LogP contribution < -0.4 is 9.47 Å². The maximum atomic E-state index is 12.3. The number of benzene rings is 3. The van der Waals surface area contributed by atoms with E-state index in [0.717, 1.165) is 21.2 Å². The Morgan fingerprint density at radius 1 is 1.06 bits per heavy atom. The van der Waals surface area contributed by atoms with Crippen LogP contribution in [0.15, 0.2) is 81.9 Å². The molecule has 0 N–H and O–H groups in total. The van der Waals surface area contributed by atoms with Crippen LogP contribution in [0.4, 0.5) is 0 Å². The lowest BCUT2D eigenvalue weighted by atomic mass is 10.1. The van der Waals surface area contributed by atoms with Crippen molar-refractivity contribution in [3.05, 3.63) is 98.6 Å². The molecule has 0 aromatic heterocycles. The zero-order valence-corrected chi connectivity index (χ0v) is 18.8. The molecule has 0 aliphatic carbocycles. The summed E-state index contributed by atoms with van der Waals surface area (Å²) in [5.41, 5.74) is 2.66. The second kappa shape index (κ2) is 9.37. The fraction of sp³-hybridized carbons (Fsp3) is 0.0833. The molecule has 7 heteroatoms. The number of carbonyl (C=O) groups excluding carboxylic acids is 1. The van der Waals surface area contributed by atoms with Gasteiger partial charge in [-0.15, -0.1) is 0 Å². The van der Waals surface area contributed by atoms with Gasteiger partial charge in [-0.3, -0.25) is 0 Å². The van der Waals surface area contributed by atoms with E-state index in [1.807, 2.05) is 54.6 Å². The molecule has 0 unspecified atom stereocenters. The fourth-order valence-electron chi connectivity index (χ4n) is 2.95. The number of carbonyl (C=O) groups is 1. The summed E-state index contributed by atoms with van der Waals surface area (Å²) in [5, 5.41) is 0.676. The van der Waals surface area contributed by atoms with Crippen molar-refractivity contribution in [2.24, 2.45) is 4.99 Å². The molecular weight excluding hydrogens is 482 g/mol. The zero-order chi connectivity index (χ0) is 21.8. The topological polar surface area (TPSA) is 57.1 Å². The van der Waals surface area contributed by atoms with Crippen LogP contribution in [0.3, 0.4) is 0 Å². The van der Waals surface area contributed by atoms with Crippen molar-refractivity contribution in [2.45, 2.75) is 6.61 Å². The van der Waals surface area contributed by atoms with Crippen LogP contribution >= 0.6 is 27.5 Å². The average molecular weight is 499 g/mol. The molecule has 1 aliphatic heterocycles. The van der Waals surface area contributed by atoms with Gasteiger partial charge in [-0.1, -0.05) is 51.8 Å². The van der Waals surface area contributed by atoms with Gasteiger partial charge >= 0.3 is 5.97 Å². The molecular formula is C24H17BrClNO4. The number of ether oxygens (including phenoxy) is 3. The van der Waals surface area contributed by atoms with Crippen molar-refractivity contribution < 1.29 is 19.0 Å². The first-order chi connectivity index (χ1) is 15.0. The number of hydrogen-bond donors (Lipinski definition) is 0. The highest BCUT2D eigenvalue weighted by Crippen LogP contribution is 2.30. The van der Waals surface area contributed by atoms with Crippen LogP contribution in [0.2, 0.25) is 5.02 Å². The number of rotatable bonds is 6. The van der Waals surface area contributed by atoms with Gasteiger partial charge in [0.1, 0.15) is 6.61 Å². The normalized spacial score (nSPS) is 14.4. The van der Waals surface area contributed by atoms with Crippen LogP contribution in [-0.2, 0) is 16.1 Å². The highest BCUT2D eigenvalue weighted by Gasteiger charge is 2.24. The Labute approximate surface area is 193 Å². The van der Waals surface area contributed by atoms with Crippen LogP contribution in [0, 0.1) is 0 Å². The number of hydrogen-bond acceptors (Lipinski definition) is 5. The van der Waals surface area contributed by atoms with Gasteiger partial charge in [0.2, 0.25) is 5.90 Å². The first-order valence-electron chi connectivity index (χ1n) is 9.35. The average Bonchev–Trinajstić information content (AvgIpc) is 3.14. The lowest BCUT2D eigenvalue weighted by molar-refractivity contribution is -0.129. The molecule has 3 aromatic rings. The highest BCUT2D eigenvalue weighted by molar-refractivity contribution is 9.10. The predicted molar refractivity (Wildman–Crippen MR) is 124 cm³/mol. The molecule has 5 nitrogen and oxygen atoms in total. The number of halogens is 2. The molecule has 0 saturated carbocycles. The van der Waals surface area contributed by atoms with E-state index in [2.05, 4.69) is 20.9 Å². The third-order valence-electron chi connectivity index (χ3n) is 4.49. The smallest absolute Gasteiger partial charge is 0.363 e. The van der Waals surface area contributed by atoms with E-state index in [1.54, 1.807) is 25.3 Å². The lowest BCUT2D eigenvalue weighted by Gasteiger charge is -2.11. The summed E-state index contributed by atoms with van der Waals surface area (Å²) in [6.07, 6.45) is 1.65. The molecule has 1 aliphatic rings. The standard InChI is InChI=1S/C24H17BrClNO4/c1-29-22-12-16(7-10-21(22)30-14-15-5-8-19(26)9-6-15)11-20-24(28)31-23(27-20)17-3-2-4-18(25)13-17/h2-13H,14H2,1H3/b20-11-. The van der Waals surface area contributed by atoms with Gasteiger partial charge in [-0.25, -0.2) is 9.79 Å². The third kappa shape index (κ3) is 5.16. The Kier molecular flexibility index (Phi) is 6.39. The number of aliphatic imine (C=N–C) groups is 1. The maximum Gasteiger partial charge on any atom is 0.363 e. The molecule has 4 rings (SSSR count). The molecule has 0 radical (unpaired) electrons. The molecule has 0 amide bonds. The summed E-state index contributed by atoms with van der Waals surface area (Å²) in [6, 6.07) is 20.2. The molecule has 0 spiro atoms. The van der Waals surface area contributed by atoms with Gasteiger partial charge in [0, 0.05) is 15.1 Å². The summed E-state index contributed by atoms with van der Waals surface area (Å²) in [6.45, 7) is 0.376. The van der Waals surface area contributed by atoms with Gasteiger partial charge < -0.3 is 14.2 Å². The second-order valence-electron chi connectivity index (χ2n) is 6.67. The monoisotopic (exact) mass is 497 g/mol. The van der Waals surface area contributed by atoms with Crippen molar-refractivity contribution >= 4 is 45.5 Å². The van der Waals surface area contributed by atoms with Crippen molar-refractivity contribution in [1.82, 2.24) is 0 Å². The summed E-state index contributed by atoms with van der Waals surface area (Å²) in [7, 11) is 1.56. The van der Waals surface area contributed by atoms with Gasteiger partial charge in [0.05, 0.1) is 7.11 Å². The minimum Gasteiger partial charge on any atom is -0.493 e. The van der Waals surface area contributed by atoms with E-state index in [-0.39, 0.29) is 11.6 Å². The second-order valence-corrected chi connectivity index (χ2v) is 8.02. The molecule has 0 fully saturated rings. The minimum atomic E-state index is -0.503. The molecule has 0 atom stereocenters. The lowest BCUT2D eigenvalue weighted by Crippen LogP contribution is -2.05. The summed E-state index contributed by atoms with van der Waals surface area (Å²) >= 11 is 9.32. The van der Waals surface area contributed by atoms with E-state index in [0.29, 0.717) is 23.1 Å². The van der Waals surface area contributed by atoms with Crippen molar-refractivity contribution in [1.29, 1.82) is 0 Å². The van der Waals surface area contributed by atoms with Crippen LogP contribution in [0.5, 0.6) is 11.5 Å². The Balaban J connectivity index is 1.53. The van der Waals surface area contributed by atoms with Crippen molar-refractivity contribution in [3.8, 4) is 11.5 Å². The van der Waals surface area contributed by atoms with E-state index < -0.39 is 5.97 Å². The first kappa shape index (κ1) is 21.2.